The summed E-state index contributed by atoms with van der Waals surface area (Å²) >= 11 is 0. The van der Waals surface area contributed by atoms with Gasteiger partial charge in [-0.25, -0.2) is 4.79 Å². The van der Waals surface area contributed by atoms with Gasteiger partial charge in [0.15, 0.2) is 0 Å². The predicted octanol–water partition coefficient (Wildman–Crippen LogP) is 3.00. The average molecular weight is 321 g/mol. The van der Waals surface area contributed by atoms with Crippen molar-refractivity contribution in [1.29, 1.82) is 0 Å². The highest BCUT2D eigenvalue weighted by molar-refractivity contribution is 5.68. The SMILES string of the molecule is CC(C)(C)OC(=O)N(CCCCO)CC1Cc2ccccc2O1. The molecule has 0 bridgehead atoms. The second kappa shape index (κ2) is 7.68. The van der Waals surface area contributed by atoms with Crippen LogP contribution in [0, 0.1) is 0 Å². The van der Waals surface area contributed by atoms with Gasteiger partial charge in [-0.05, 0) is 45.2 Å². The normalized spacial score (nSPS) is 16.6. The predicted molar refractivity (Wildman–Crippen MR) is 88.7 cm³/mol. The minimum atomic E-state index is -0.522. The first-order chi connectivity index (χ1) is 10.9. The van der Waals surface area contributed by atoms with Crippen molar-refractivity contribution in [2.45, 2.75) is 51.7 Å². The van der Waals surface area contributed by atoms with Crippen LogP contribution < -0.4 is 4.74 Å². The topological polar surface area (TPSA) is 59.0 Å². The van der Waals surface area contributed by atoms with Crippen LogP contribution in [-0.2, 0) is 11.2 Å². The van der Waals surface area contributed by atoms with Crippen LogP contribution in [0.1, 0.15) is 39.2 Å². The van der Waals surface area contributed by atoms with Gasteiger partial charge in [-0.3, -0.25) is 0 Å². The van der Waals surface area contributed by atoms with Crippen LogP contribution in [-0.4, -0.2) is 47.5 Å². The van der Waals surface area contributed by atoms with E-state index in [1.54, 1.807) is 4.90 Å². The minimum Gasteiger partial charge on any atom is -0.488 e. The van der Waals surface area contributed by atoms with Gasteiger partial charge >= 0.3 is 6.09 Å². The molecule has 1 aromatic rings. The van der Waals surface area contributed by atoms with E-state index in [-0.39, 0.29) is 18.8 Å². The molecule has 0 radical (unpaired) electrons. The second-order valence-electron chi connectivity index (χ2n) is 6.91. The van der Waals surface area contributed by atoms with Crippen LogP contribution in [0.2, 0.25) is 0 Å². The first kappa shape index (κ1) is 17.6. The van der Waals surface area contributed by atoms with E-state index in [0.717, 1.165) is 18.6 Å². The number of unbranched alkanes of at least 4 members (excludes halogenated alkanes) is 1. The monoisotopic (exact) mass is 321 g/mol. The number of amides is 1. The van der Waals surface area contributed by atoms with Crippen LogP contribution in [0.4, 0.5) is 4.79 Å². The summed E-state index contributed by atoms with van der Waals surface area (Å²) in [5, 5.41) is 8.95. The first-order valence-electron chi connectivity index (χ1n) is 8.22. The molecule has 1 aliphatic rings. The largest absolute Gasteiger partial charge is 0.488 e. The van der Waals surface area contributed by atoms with E-state index in [1.807, 2.05) is 39.0 Å². The van der Waals surface area contributed by atoms with Crippen molar-refractivity contribution in [2.24, 2.45) is 0 Å². The molecule has 0 saturated heterocycles. The summed E-state index contributed by atoms with van der Waals surface area (Å²) in [4.78, 5) is 14.1. The number of hydrogen-bond acceptors (Lipinski definition) is 4. The van der Waals surface area contributed by atoms with Gasteiger partial charge in [0, 0.05) is 19.6 Å². The molecule has 1 aromatic carbocycles. The molecular formula is C18H27NO4. The van der Waals surface area contributed by atoms with Crippen molar-refractivity contribution in [3.05, 3.63) is 29.8 Å². The number of fused-ring (bicyclic) bond motifs is 1. The summed E-state index contributed by atoms with van der Waals surface area (Å²) < 4.78 is 11.4. The number of aliphatic hydroxyl groups excluding tert-OH is 1. The molecule has 23 heavy (non-hydrogen) atoms. The molecule has 5 nitrogen and oxygen atoms in total. The molecule has 0 saturated carbocycles. The van der Waals surface area contributed by atoms with Gasteiger partial charge < -0.3 is 19.5 Å². The van der Waals surface area contributed by atoms with E-state index in [9.17, 15) is 4.79 Å². The summed E-state index contributed by atoms with van der Waals surface area (Å²) in [6, 6.07) is 7.96. The fraction of sp³-hybridized carbons (Fsp3) is 0.611. The number of carbonyl (C=O) groups is 1. The van der Waals surface area contributed by atoms with Gasteiger partial charge in [0.2, 0.25) is 0 Å². The molecule has 1 aliphatic heterocycles. The molecule has 0 aromatic heterocycles. The second-order valence-corrected chi connectivity index (χ2v) is 6.91. The van der Waals surface area contributed by atoms with Crippen LogP contribution in [0.5, 0.6) is 5.75 Å². The molecule has 1 unspecified atom stereocenters. The van der Waals surface area contributed by atoms with Gasteiger partial charge in [-0.2, -0.15) is 0 Å². The highest BCUT2D eigenvalue weighted by Crippen LogP contribution is 2.28. The van der Waals surface area contributed by atoms with E-state index in [4.69, 9.17) is 14.6 Å². The summed E-state index contributed by atoms with van der Waals surface area (Å²) in [6.07, 6.45) is 1.85. The Morgan fingerprint density at radius 3 is 2.74 bits per heavy atom. The average Bonchev–Trinajstić information content (AvgIpc) is 2.87. The third kappa shape index (κ3) is 5.43. The maximum atomic E-state index is 12.4. The zero-order chi connectivity index (χ0) is 16.9. The molecule has 1 atom stereocenters. The summed E-state index contributed by atoms with van der Waals surface area (Å²) in [5.41, 5.74) is 0.656. The minimum absolute atomic E-state index is 0.0472. The Balaban J connectivity index is 1.96. The number of benzene rings is 1. The number of nitrogens with zero attached hydrogens (tertiary/aromatic N) is 1. The van der Waals surface area contributed by atoms with Crippen molar-refractivity contribution in [3.8, 4) is 5.75 Å². The van der Waals surface area contributed by atoms with E-state index < -0.39 is 5.60 Å². The third-order valence-corrected chi connectivity index (χ3v) is 3.63. The molecule has 1 heterocycles. The number of ether oxygens (including phenoxy) is 2. The number of rotatable bonds is 6. The van der Waals surface area contributed by atoms with Gasteiger partial charge in [0.1, 0.15) is 17.5 Å². The molecule has 1 N–H and O–H groups in total. The maximum absolute atomic E-state index is 12.4. The van der Waals surface area contributed by atoms with E-state index in [1.165, 1.54) is 5.56 Å². The highest BCUT2D eigenvalue weighted by atomic mass is 16.6. The molecular weight excluding hydrogens is 294 g/mol. The number of hydrogen-bond donors (Lipinski definition) is 1. The zero-order valence-corrected chi connectivity index (χ0v) is 14.2. The van der Waals surface area contributed by atoms with Crippen molar-refractivity contribution in [3.63, 3.8) is 0 Å². The Morgan fingerprint density at radius 1 is 1.35 bits per heavy atom. The molecule has 0 fully saturated rings. The maximum Gasteiger partial charge on any atom is 0.410 e. The number of aliphatic hydroxyl groups is 1. The summed E-state index contributed by atoms with van der Waals surface area (Å²) in [6.45, 7) is 6.77. The van der Waals surface area contributed by atoms with E-state index >= 15 is 0 Å². The van der Waals surface area contributed by atoms with Crippen LogP contribution in [0.3, 0.4) is 0 Å². The Morgan fingerprint density at radius 2 is 2.09 bits per heavy atom. The quantitative estimate of drug-likeness (QED) is 0.818. The van der Waals surface area contributed by atoms with Gasteiger partial charge in [0.05, 0.1) is 6.54 Å². The van der Waals surface area contributed by atoms with Crippen LogP contribution >= 0.6 is 0 Å². The molecule has 5 heteroatoms. The zero-order valence-electron chi connectivity index (χ0n) is 14.2. The number of carbonyl (C=O) groups excluding carboxylic acids is 1. The van der Waals surface area contributed by atoms with Crippen LogP contribution in [0.25, 0.3) is 0 Å². The standard InChI is InChI=1S/C18H27NO4/c1-18(2,3)23-17(21)19(10-6-7-11-20)13-15-12-14-8-4-5-9-16(14)22-15/h4-5,8-9,15,20H,6-7,10-13H2,1-3H3. The highest BCUT2D eigenvalue weighted by Gasteiger charge is 2.28. The molecule has 2 rings (SSSR count). The molecule has 0 spiro atoms. The first-order valence-corrected chi connectivity index (χ1v) is 8.22. The van der Waals surface area contributed by atoms with E-state index in [0.29, 0.717) is 19.5 Å². The fourth-order valence-corrected chi connectivity index (χ4v) is 2.60. The van der Waals surface area contributed by atoms with Crippen molar-refractivity contribution in [1.82, 2.24) is 4.90 Å². The Bertz CT molecular complexity index is 499. The van der Waals surface area contributed by atoms with Gasteiger partial charge in [-0.15, -0.1) is 0 Å². The van der Waals surface area contributed by atoms with Gasteiger partial charge in [0.25, 0.3) is 0 Å². The third-order valence-electron chi connectivity index (χ3n) is 3.63. The molecule has 1 amide bonds. The lowest BCUT2D eigenvalue weighted by molar-refractivity contribution is 0.0177. The summed E-state index contributed by atoms with van der Waals surface area (Å²) in [5.74, 6) is 0.900. The molecule has 0 aliphatic carbocycles. The smallest absolute Gasteiger partial charge is 0.410 e. The van der Waals surface area contributed by atoms with Gasteiger partial charge in [-0.1, -0.05) is 18.2 Å². The lowest BCUT2D eigenvalue weighted by Gasteiger charge is -2.29. The Hall–Kier alpha value is -1.75. The van der Waals surface area contributed by atoms with Crippen LogP contribution in [0.15, 0.2) is 24.3 Å². The summed E-state index contributed by atoms with van der Waals surface area (Å²) in [7, 11) is 0. The lowest BCUT2D eigenvalue weighted by Crippen LogP contribution is -2.42. The lowest BCUT2D eigenvalue weighted by atomic mass is 10.1. The number of para-hydroxylation sites is 1. The Kier molecular flexibility index (Phi) is 5.88. The van der Waals surface area contributed by atoms with E-state index in [2.05, 4.69) is 6.07 Å². The Labute approximate surface area is 138 Å². The fourth-order valence-electron chi connectivity index (χ4n) is 2.60. The van der Waals surface area contributed by atoms with Crippen molar-refractivity contribution < 1.29 is 19.4 Å². The molecule has 128 valence electrons. The van der Waals surface area contributed by atoms with Crippen molar-refractivity contribution >= 4 is 6.09 Å². The van der Waals surface area contributed by atoms with Crippen molar-refractivity contribution in [2.75, 3.05) is 19.7 Å².